The van der Waals surface area contributed by atoms with Crippen LogP contribution in [0.25, 0.3) is 0 Å². The van der Waals surface area contributed by atoms with Crippen LogP contribution in [0.3, 0.4) is 0 Å². The third-order valence-corrected chi connectivity index (χ3v) is 4.02. The standard InChI is InChI=1S/C12H23N3S/c1-9(2)12(13)11-7-14-8-15(11)6-5-10(3)16-4/h7-10,12H,5-6,13H2,1-4H3. The van der Waals surface area contributed by atoms with E-state index in [-0.39, 0.29) is 6.04 Å². The van der Waals surface area contributed by atoms with Crippen molar-refractivity contribution in [1.29, 1.82) is 0 Å². The number of nitrogens with zero attached hydrogens (tertiary/aromatic N) is 2. The molecule has 1 aromatic heterocycles. The first-order chi connectivity index (χ1) is 7.56. The van der Waals surface area contributed by atoms with Gasteiger partial charge in [-0.15, -0.1) is 0 Å². The molecule has 0 spiro atoms. The quantitative estimate of drug-likeness (QED) is 0.832. The molecule has 0 bridgehead atoms. The maximum atomic E-state index is 6.16. The van der Waals surface area contributed by atoms with E-state index < -0.39 is 0 Å². The lowest BCUT2D eigenvalue weighted by atomic mass is 10.0. The van der Waals surface area contributed by atoms with E-state index in [4.69, 9.17) is 5.73 Å². The molecule has 4 heteroatoms. The number of thioether (sulfide) groups is 1. The van der Waals surface area contributed by atoms with E-state index in [0.29, 0.717) is 11.2 Å². The molecule has 0 aliphatic rings. The SMILES string of the molecule is CSC(C)CCn1cncc1C(N)C(C)C. The number of hydrogen-bond donors (Lipinski definition) is 1. The van der Waals surface area contributed by atoms with Gasteiger partial charge in [-0.3, -0.25) is 0 Å². The Morgan fingerprint density at radius 1 is 1.44 bits per heavy atom. The van der Waals surface area contributed by atoms with Crippen molar-refractivity contribution in [2.75, 3.05) is 6.26 Å². The van der Waals surface area contributed by atoms with Gasteiger partial charge in [-0.2, -0.15) is 11.8 Å². The predicted octanol–water partition coefficient (Wildman–Crippen LogP) is 2.68. The van der Waals surface area contributed by atoms with Crippen molar-refractivity contribution in [3.8, 4) is 0 Å². The molecule has 2 N–H and O–H groups in total. The van der Waals surface area contributed by atoms with Gasteiger partial charge in [0.1, 0.15) is 0 Å². The van der Waals surface area contributed by atoms with E-state index in [1.54, 1.807) is 0 Å². The van der Waals surface area contributed by atoms with E-state index in [1.807, 2.05) is 24.3 Å². The molecule has 16 heavy (non-hydrogen) atoms. The summed E-state index contributed by atoms with van der Waals surface area (Å²) >= 11 is 1.90. The van der Waals surface area contributed by atoms with Crippen LogP contribution in [-0.4, -0.2) is 21.1 Å². The molecule has 0 aliphatic carbocycles. The lowest BCUT2D eigenvalue weighted by Gasteiger charge is -2.18. The van der Waals surface area contributed by atoms with Gasteiger partial charge in [0.05, 0.1) is 12.0 Å². The van der Waals surface area contributed by atoms with Crippen molar-refractivity contribution in [2.45, 2.75) is 45.0 Å². The van der Waals surface area contributed by atoms with Crippen LogP contribution >= 0.6 is 11.8 Å². The van der Waals surface area contributed by atoms with Gasteiger partial charge in [0, 0.05) is 24.0 Å². The largest absolute Gasteiger partial charge is 0.333 e. The molecule has 0 amide bonds. The molecule has 1 aromatic rings. The van der Waals surface area contributed by atoms with Crippen molar-refractivity contribution < 1.29 is 0 Å². The molecule has 0 aliphatic heterocycles. The third-order valence-electron chi connectivity index (χ3n) is 2.98. The van der Waals surface area contributed by atoms with Crippen LogP contribution in [0.2, 0.25) is 0 Å². The smallest absolute Gasteiger partial charge is 0.0948 e. The molecule has 0 saturated heterocycles. The zero-order valence-electron chi connectivity index (χ0n) is 10.7. The second-order valence-electron chi connectivity index (χ2n) is 4.62. The minimum Gasteiger partial charge on any atom is -0.333 e. The summed E-state index contributed by atoms with van der Waals surface area (Å²) in [5.41, 5.74) is 7.31. The van der Waals surface area contributed by atoms with Crippen molar-refractivity contribution in [3.63, 3.8) is 0 Å². The zero-order valence-corrected chi connectivity index (χ0v) is 11.5. The molecule has 0 saturated carbocycles. The Morgan fingerprint density at radius 3 is 2.69 bits per heavy atom. The summed E-state index contributed by atoms with van der Waals surface area (Å²) < 4.78 is 2.19. The Morgan fingerprint density at radius 2 is 2.12 bits per heavy atom. The van der Waals surface area contributed by atoms with Crippen LogP contribution in [0.4, 0.5) is 0 Å². The van der Waals surface area contributed by atoms with Crippen molar-refractivity contribution in [3.05, 3.63) is 18.2 Å². The highest BCUT2D eigenvalue weighted by Crippen LogP contribution is 2.19. The number of aromatic nitrogens is 2. The fraction of sp³-hybridized carbons (Fsp3) is 0.750. The maximum absolute atomic E-state index is 6.16. The number of nitrogens with two attached hydrogens (primary N) is 1. The molecule has 0 aromatic carbocycles. The molecular formula is C12H23N3S. The number of rotatable bonds is 6. The van der Waals surface area contributed by atoms with E-state index in [0.717, 1.165) is 18.7 Å². The van der Waals surface area contributed by atoms with E-state index in [2.05, 4.69) is 36.6 Å². The first-order valence-corrected chi connectivity index (χ1v) is 7.13. The summed E-state index contributed by atoms with van der Waals surface area (Å²) in [6, 6.07) is 0.0899. The highest BCUT2D eigenvalue weighted by atomic mass is 32.2. The molecule has 3 nitrogen and oxygen atoms in total. The van der Waals surface area contributed by atoms with Gasteiger partial charge < -0.3 is 10.3 Å². The first kappa shape index (κ1) is 13.6. The normalized spacial score (nSPS) is 15.4. The molecule has 92 valence electrons. The van der Waals surface area contributed by atoms with Crippen LogP contribution in [0.1, 0.15) is 38.9 Å². The number of imidazole rings is 1. The molecule has 0 radical (unpaired) electrons. The highest BCUT2D eigenvalue weighted by Gasteiger charge is 2.15. The van der Waals surface area contributed by atoms with Gasteiger partial charge in [0.15, 0.2) is 0 Å². The second-order valence-corrected chi connectivity index (χ2v) is 5.89. The average Bonchev–Trinajstić information content (AvgIpc) is 2.72. The van der Waals surface area contributed by atoms with Crippen LogP contribution < -0.4 is 5.73 Å². The summed E-state index contributed by atoms with van der Waals surface area (Å²) in [4.78, 5) is 4.21. The van der Waals surface area contributed by atoms with Gasteiger partial charge in [0.2, 0.25) is 0 Å². The van der Waals surface area contributed by atoms with Gasteiger partial charge in [-0.25, -0.2) is 4.98 Å². The Hall–Kier alpha value is -0.480. The predicted molar refractivity (Wildman–Crippen MR) is 71.6 cm³/mol. The summed E-state index contributed by atoms with van der Waals surface area (Å²) in [6.07, 6.45) is 7.10. The fourth-order valence-corrected chi connectivity index (χ4v) is 1.92. The summed E-state index contributed by atoms with van der Waals surface area (Å²) in [5.74, 6) is 0.452. The molecule has 1 rings (SSSR count). The Labute approximate surface area is 103 Å². The van der Waals surface area contributed by atoms with Crippen LogP contribution in [-0.2, 0) is 6.54 Å². The lowest BCUT2D eigenvalue weighted by Crippen LogP contribution is -2.21. The van der Waals surface area contributed by atoms with E-state index in [1.165, 1.54) is 0 Å². The summed E-state index contributed by atoms with van der Waals surface area (Å²) in [5, 5.41) is 0.686. The number of aryl methyl sites for hydroxylation is 1. The molecule has 2 unspecified atom stereocenters. The Kier molecular flexibility index (Phi) is 5.35. The maximum Gasteiger partial charge on any atom is 0.0948 e. The van der Waals surface area contributed by atoms with Crippen LogP contribution in [0.15, 0.2) is 12.5 Å². The first-order valence-electron chi connectivity index (χ1n) is 5.84. The highest BCUT2D eigenvalue weighted by molar-refractivity contribution is 7.99. The number of hydrogen-bond acceptors (Lipinski definition) is 3. The monoisotopic (exact) mass is 241 g/mol. The van der Waals surface area contributed by atoms with Crippen molar-refractivity contribution in [1.82, 2.24) is 9.55 Å². The molecule has 1 heterocycles. The fourth-order valence-electron chi connectivity index (χ4n) is 1.58. The minimum absolute atomic E-state index is 0.0899. The molecule has 2 atom stereocenters. The second kappa shape index (κ2) is 6.30. The van der Waals surface area contributed by atoms with E-state index >= 15 is 0 Å². The van der Waals surface area contributed by atoms with Gasteiger partial charge in [-0.05, 0) is 18.6 Å². The topological polar surface area (TPSA) is 43.8 Å². The summed E-state index contributed by atoms with van der Waals surface area (Å²) in [6.45, 7) is 7.56. The third kappa shape index (κ3) is 3.52. The van der Waals surface area contributed by atoms with Gasteiger partial charge in [-0.1, -0.05) is 20.8 Å². The van der Waals surface area contributed by atoms with Crippen molar-refractivity contribution in [2.24, 2.45) is 11.7 Å². The molecule has 0 fully saturated rings. The molecular weight excluding hydrogens is 218 g/mol. The Bertz CT molecular complexity index is 309. The van der Waals surface area contributed by atoms with Gasteiger partial charge >= 0.3 is 0 Å². The van der Waals surface area contributed by atoms with Gasteiger partial charge in [0.25, 0.3) is 0 Å². The average molecular weight is 241 g/mol. The van der Waals surface area contributed by atoms with Crippen LogP contribution in [0.5, 0.6) is 0 Å². The van der Waals surface area contributed by atoms with Crippen molar-refractivity contribution >= 4 is 11.8 Å². The minimum atomic E-state index is 0.0899. The Balaban J connectivity index is 2.63. The van der Waals surface area contributed by atoms with E-state index in [9.17, 15) is 0 Å². The lowest BCUT2D eigenvalue weighted by molar-refractivity contribution is 0.473. The summed E-state index contributed by atoms with van der Waals surface area (Å²) in [7, 11) is 0. The van der Waals surface area contributed by atoms with Crippen LogP contribution in [0, 0.1) is 5.92 Å². The zero-order chi connectivity index (χ0) is 12.1.